The molecule has 0 heterocycles. The number of carbonyl (C=O) groups excluding carboxylic acids is 1. The van der Waals surface area contributed by atoms with Crippen LogP contribution < -0.4 is 16.2 Å². The molecule has 1 aromatic carbocycles. The molecule has 0 unspecified atom stereocenters. The lowest BCUT2D eigenvalue weighted by molar-refractivity contribution is 0.1000. The number of aliphatic hydroxyl groups excluding tert-OH is 1. The van der Waals surface area contributed by atoms with E-state index in [2.05, 4.69) is 4.72 Å². The molecule has 21 heavy (non-hydrogen) atoms. The van der Waals surface area contributed by atoms with Crippen molar-refractivity contribution >= 4 is 21.6 Å². The zero-order valence-corrected chi connectivity index (χ0v) is 12.5. The van der Waals surface area contributed by atoms with Crippen LogP contribution in [-0.2, 0) is 10.0 Å². The second-order valence-electron chi connectivity index (χ2n) is 4.65. The van der Waals surface area contributed by atoms with Crippen molar-refractivity contribution in [3.05, 3.63) is 23.8 Å². The van der Waals surface area contributed by atoms with Crippen LogP contribution in [0.2, 0.25) is 0 Å². The minimum Gasteiger partial charge on any atom is -0.398 e. The van der Waals surface area contributed by atoms with Crippen molar-refractivity contribution in [2.24, 2.45) is 5.73 Å². The number of nitrogen functional groups attached to an aromatic ring is 1. The average Bonchev–Trinajstić information content (AvgIpc) is 2.42. The van der Waals surface area contributed by atoms with Gasteiger partial charge in [-0.3, -0.25) is 4.79 Å². The van der Waals surface area contributed by atoms with Gasteiger partial charge >= 0.3 is 0 Å². The van der Waals surface area contributed by atoms with Gasteiger partial charge in [-0.25, -0.2) is 13.1 Å². The SMILES string of the molecule is NC(=O)c1ccc(S(=O)(=O)NCCCCCCO)c(N)c1. The number of nitrogens with two attached hydrogens (primary N) is 2. The van der Waals surface area contributed by atoms with Crippen molar-refractivity contribution in [2.75, 3.05) is 18.9 Å². The highest BCUT2D eigenvalue weighted by Gasteiger charge is 2.17. The predicted octanol–water partition coefficient (Wildman–Crippen LogP) is 0.199. The number of rotatable bonds is 9. The van der Waals surface area contributed by atoms with E-state index in [-0.39, 0.29) is 22.8 Å². The van der Waals surface area contributed by atoms with Crippen LogP contribution in [0.4, 0.5) is 5.69 Å². The lowest BCUT2D eigenvalue weighted by atomic mass is 10.2. The fourth-order valence-corrected chi connectivity index (χ4v) is 3.01. The maximum Gasteiger partial charge on any atom is 0.248 e. The highest BCUT2D eigenvalue weighted by Crippen LogP contribution is 2.19. The van der Waals surface area contributed by atoms with Gasteiger partial charge in [-0.15, -0.1) is 0 Å². The van der Waals surface area contributed by atoms with Gasteiger partial charge in [0.05, 0.1) is 5.69 Å². The maximum absolute atomic E-state index is 12.1. The van der Waals surface area contributed by atoms with Gasteiger partial charge in [-0.2, -0.15) is 0 Å². The third-order valence-electron chi connectivity index (χ3n) is 2.96. The zero-order valence-electron chi connectivity index (χ0n) is 11.7. The number of unbranched alkanes of at least 4 members (excludes halogenated alkanes) is 3. The first kappa shape index (κ1) is 17.4. The Labute approximate surface area is 124 Å². The van der Waals surface area contributed by atoms with Crippen LogP contribution in [-0.4, -0.2) is 32.6 Å². The number of hydrogen-bond acceptors (Lipinski definition) is 5. The maximum atomic E-state index is 12.1. The second-order valence-corrected chi connectivity index (χ2v) is 6.39. The zero-order chi connectivity index (χ0) is 15.9. The van der Waals surface area contributed by atoms with Crippen LogP contribution in [0, 0.1) is 0 Å². The molecule has 0 saturated heterocycles. The van der Waals surface area contributed by atoms with E-state index in [9.17, 15) is 13.2 Å². The van der Waals surface area contributed by atoms with Crippen molar-refractivity contribution in [1.82, 2.24) is 4.72 Å². The van der Waals surface area contributed by atoms with Crippen LogP contribution in [0.3, 0.4) is 0 Å². The van der Waals surface area contributed by atoms with E-state index in [0.29, 0.717) is 19.4 Å². The van der Waals surface area contributed by atoms with E-state index in [1.807, 2.05) is 0 Å². The van der Waals surface area contributed by atoms with Crippen molar-refractivity contribution in [2.45, 2.75) is 30.6 Å². The lowest BCUT2D eigenvalue weighted by Gasteiger charge is -2.09. The highest BCUT2D eigenvalue weighted by molar-refractivity contribution is 7.89. The molecular formula is C13H21N3O4S. The molecule has 1 amide bonds. The molecule has 0 aliphatic rings. The van der Waals surface area contributed by atoms with Crippen molar-refractivity contribution in [3.8, 4) is 0 Å². The third kappa shape index (κ3) is 5.33. The number of nitrogens with one attached hydrogen (secondary N) is 1. The van der Waals surface area contributed by atoms with Gasteiger partial charge in [-0.05, 0) is 31.0 Å². The molecule has 0 atom stereocenters. The Balaban J connectivity index is 2.64. The third-order valence-corrected chi connectivity index (χ3v) is 4.50. The molecule has 0 radical (unpaired) electrons. The first-order chi connectivity index (χ1) is 9.88. The number of hydrogen-bond donors (Lipinski definition) is 4. The average molecular weight is 315 g/mol. The lowest BCUT2D eigenvalue weighted by Crippen LogP contribution is -2.26. The fraction of sp³-hybridized carbons (Fsp3) is 0.462. The summed E-state index contributed by atoms with van der Waals surface area (Å²) in [6.07, 6.45) is 3.08. The first-order valence-corrected chi connectivity index (χ1v) is 8.16. The van der Waals surface area contributed by atoms with Crippen LogP contribution in [0.15, 0.2) is 23.1 Å². The van der Waals surface area contributed by atoms with E-state index in [4.69, 9.17) is 16.6 Å². The molecule has 0 aliphatic carbocycles. The second kappa shape index (κ2) is 7.96. The Morgan fingerprint density at radius 3 is 2.43 bits per heavy atom. The number of carbonyl (C=O) groups is 1. The summed E-state index contributed by atoms with van der Waals surface area (Å²) in [5.74, 6) is -0.664. The number of aliphatic hydroxyl groups is 1. The van der Waals surface area contributed by atoms with Gasteiger partial charge in [-0.1, -0.05) is 12.8 Å². The number of primary amides is 1. The molecule has 6 N–H and O–H groups in total. The fourth-order valence-electron chi connectivity index (χ4n) is 1.82. The molecule has 1 rings (SSSR count). The van der Waals surface area contributed by atoms with Crippen molar-refractivity contribution < 1.29 is 18.3 Å². The Bertz CT molecular complexity index is 587. The Morgan fingerprint density at radius 2 is 1.86 bits per heavy atom. The van der Waals surface area contributed by atoms with Gasteiger partial charge < -0.3 is 16.6 Å². The highest BCUT2D eigenvalue weighted by atomic mass is 32.2. The van der Waals surface area contributed by atoms with Crippen molar-refractivity contribution in [3.63, 3.8) is 0 Å². The van der Waals surface area contributed by atoms with E-state index < -0.39 is 15.9 Å². The minimum absolute atomic E-state index is 0.0147. The summed E-state index contributed by atoms with van der Waals surface area (Å²) in [5.41, 5.74) is 10.9. The van der Waals surface area contributed by atoms with Crippen LogP contribution >= 0.6 is 0 Å². The normalized spacial score (nSPS) is 11.5. The monoisotopic (exact) mass is 315 g/mol. The standard InChI is InChI=1S/C13H21N3O4S/c14-11-9-10(13(15)18)5-6-12(11)21(19,20)16-7-3-1-2-4-8-17/h5-6,9,16-17H,1-4,7-8,14H2,(H2,15,18). The Kier molecular flexibility index (Phi) is 6.60. The van der Waals surface area contributed by atoms with Gasteiger partial charge in [0.15, 0.2) is 0 Å². The quantitative estimate of drug-likeness (QED) is 0.381. The molecule has 118 valence electrons. The van der Waals surface area contributed by atoms with E-state index in [1.165, 1.54) is 18.2 Å². The molecule has 8 heteroatoms. The summed E-state index contributed by atoms with van der Waals surface area (Å²) in [6, 6.07) is 3.84. The van der Waals surface area contributed by atoms with E-state index in [1.54, 1.807) is 0 Å². The molecule has 1 aromatic rings. The summed E-state index contributed by atoms with van der Waals surface area (Å²) in [6.45, 7) is 0.444. The smallest absolute Gasteiger partial charge is 0.248 e. The molecule has 0 aromatic heterocycles. The van der Waals surface area contributed by atoms with Crippen LogP contribution in [0.25, 0.3) is 0 Å². The summed E-state index contributed by atoms with van der Waals surface area (Å²) >= 11 is 0. The first-order valence-electron chi connectivity index (χ1n) is 6.68. The minimum atomic E-state index is -3.70. The Hall–Kier alpha value is -1.64. The van der Waals surface area contributed by atoms with Gasteiger partial charge in [0.1, 0.15) is 4.90 Å². The Morgan fingerprint density at radius 1 is 1.19 bits per heavy atom. The molecule has 0 aliphatic heterocycles. The van der Waals surface area contributed by atoms with Crippen LogP contribution in [0.1, 0.15) is 36.0 Å². The molecular weight excluding hydrogens is 294 g/mol. The number of sulfonamides is 1. The van der Waals surface area contributed by atoms with E-state index >= 15 is 0 Å². The predicted molar refractivity (Wildman–Crippen MR) is 80.1 cm³/mol. The van der Waals surface area contributed by atoms with Crippen molar-refractivity contribution in [1.29, 1.82) is 0 Å². The molecule has 0 spiro atoms. The number of anilines is 1. The molecule has 0 bridgehead atoms. The number of amides is 1. The largest absolute Gasteiger partial charge is 0.398 e. The van der Waals surface area contributed by atoms with Crippen LogP contribution in [0.5, 0.6) is 0 Å². The molecule has 7 nitrogen and oxygen atoms in total. The summed E-state index contributed by atoms with van der Waals surface area (Å²) in [4.78, 5) is 10.9. The number of benzene rings is 1. The molecule has 0 fully saturated rings. The topological polar surface area (TPSA) is 136 Å². The van der Waals surface area contributed by atoms with Gasteiger partial charge in [0.25, 0.3) is 0 Å². The van der Waals surface area contributed by atoms with Gasteiger partial charge in [0.2, 0.25) is 15.9 Å². The van der Waals surface area contributed by atoms with Gasteiger partial charge in [0, 0.05) is 18.7 Å². The summed E-state index contributed by atoms with van der Waals surface area (Å²) in [5, 5.41) is 8.63. The summed E-state index contributed by atoms with van der Waals surface area (Å²) < 4.78 is 26.6. The molecule has 0 saturated carbocycles. The van der Waals surface area contributed by atoms with E-state index in [0.717, 1.165) is 12.8 Å². The summed E-state index contributed by atoms with van der Waals surface area (Å²) in [7, 11) is -3.70.